The zero-order valence-corrected chi connectivity index (χ0v) is 78.2. The van der Waals surface area contributed by atoms with Gasteiger partial charge in [0.1, 0.15) is 0 Å². The van der Waals surface area contributed by atoms with E-state index in [4.69, 9.17) is 0 Å². The van der Waals surface area contributed by atoms with Gasteiger partial charge in [-0.1, -0.05) is 0 Å². The average molecular weight is 1620 g/mol. The summed E-state index contributed by atoms with van der Waals surface area (Å²) in [5.41, 5.74) is 53.6. The standard InChI is InChI=1S/2C53H64Si.2ClH.Zr/c2*1-32(2)26-38-30-44-46(28-36-14-12-16-42(36)48(44)34-18-22-40(23-19-34)52(5,6)7)50(38)54(11)51-39(27-33(3)4)31-45-47(51)29-37-15-13-17-43(37)49(45)35-20-24-41(25-21-35)53(8,9)10;;;/h2*18-25,28-33,54H,12-17,26-27H2,1-11H3;2*1H;/q;;;;+2/p-2. The molecular weight excluding hydrogens is 1490 g/mol. The first-order valence-corrected chi connectivity index (χ1v) is 53.2. The molecule has 2 fully saturated rings. The van der Waals surface area contributed by atoms with Gasteiger partial charge in [0.15, 0.2) is 0 Å². The minimum Gasteiger partial charge on any atom is -1.00 e. The Morgan fingerprint density at radius 1 is 0.297 bits per heavy atom. The number of halogens is 2. The van der Waals surface area contributed by atoms with Gasteiger partial charge >= 0.3 is 672 Å². The molecule has 0 bridgehead atoms. The summed E-state index contributed by atoms with van der Waals surface area (Å²) in [5.74, 6) is 1.92. The Labute approximate surface area is 691 Å². The van der Waals surface area contributed by atoms with Crippen molar-refractivity contribution in [1.29, 1.82) is 0 Å². The van der Waals surface area contributed by atoms with Crippen LogP contribution < -0.4 is 24.8 Å². The summed E-state index contributed by atoms with van der Waals surface area (Å²) in [5, 5.41) is 0. The SMILES string of the molecule is CC(C)CC1=Cc2c(cc3c(c2-c2ccc(C(C)(C)C)cc2)CCC3)[C]12[SiH](C)[C]1(C(CC(C)C)=Cc3c1cc1c(c3-c3ccc(C(C)(C)C)cc3)CCC1)[Zr+2]21[C]2(C(CC(C)C)=Cc3c2cc2c(c3-c3ccc(C(C)(C)C)cc3)CCC2)[SiH](C)[C]12C(CC(C)C)=Cc1c2cc2c(c1-c1ccc(C(C)(C)C)cc1)CCC2.[Cl-].[Cl-]. The largest absolute Gasteiger partial charge is 1.00 e. The summed E-state index contributed by atoms with van der Waals surface area (Å²) in [6.07, 6.45) is 31.4. The van der Waals surface area contributed by atoms with Crippen LogP contribution in [0.2, 0.25) is 13.1 Å². The van der Waals surface area contributed by atoms with Crippen LogP contribution in [0, 0.1) is 23.7 Å². The van der Waals surface area contributed by atoms with E-state index >= 15 is 0 Å². The number of fused-ring (bicyclic) bond motifs is 16. The van der Waals surface area contributed by atoms with Gasteiger partial charge in [-0.2, -0.15) is 0 Å². The minimum absolute atomic E-state index is 0. The van der Waals surface area contributed by atoms with Crippen LogP contribution in [-0.2, 0) is 104 Å². The Balaban J connectivity index is 0.00000467. The molecule has 2 aliphatic heterocycles. The van der Waals surface area contributed by atoms with Crippen molar-refractivity contribution < 1.29 is 45.1 Å². The molecule has 4 atom stereocenters. The normalized spacial score (nSPS) is 24.2. The molecule has 4 unspecified atom stereocenters. The molecule has 0 nitrogen and oxygen atoms in total. The van der Waals surface area contributed by atoms with Gasteiger partial charge in [0.25, 0.3) is 0 Å². The van der Waals surface area contributed by atoms with Crippen LogP contribution in [0.5, 0.6) is 0 Å². The Morgan fingerprint density at radius 2 is 0.486 bits per heavy atom. The first-order valence-electron chi connectivity index (χ1n) is 43.7. The van der Waals surface area contributed by atoms with Crippen LogP contribution in [0.25, 0.3) is 68.8 Å². The quantitative estimate of drug-likeness (QED) is 0.107. The zero-order valence-electron chi connectivity index (χ0n) is 71.9. The van der Waals surface area contributed by atoms with E-state index in [2.05, 4.69) is 297 Å². The van der Waals surface area contributed by atoms with Crippen molar-refractivity contribution in [3.8, 4) is 44.5 Å². The van der Waals surface area contributed by atoms with E-state index in [1.807, 2.05) is 44.5 Å². The van der Waals surface area contributed by atoms with Crippen molar-refractivity contribution in [3.63, 3.8) is 0 Å². The van der Waals surface area contributed by atoms with Crippen LogP contribution in [0.3, 0.4) is 0 Å². The molecule has 0 saturated carbocycles. The van der Waals surface area contributed by atoms with E-state index in [1.54, 1.807) is 89.0 Å². The monoisotopic (exact) mass is 1620 g/mol. The molecule has 0 radical (unpaired) electrons. The molecule has 18 rings (SSSR count). The van der Waals surface area contributed by atoms with Crippen molar-refractivity contribution in [2.45, 2.75) is 287 Å². The van der Waals surface area contributed by atoms with Crippen LogP contribution in [0.15, 0.2) is 144 Å². The third kappa shape index (κ3) is 10.9. The fraction of sp³-hybridized carbons (Fsp3) is 0.472. The molecule has 2 heterocycles. The Bertz CT molecular complexity index is 4610. The first-order chi connectivity index (χ1) is 51.7. The van der Waals surface area contributed by atoms with Gasteiger partial charge in [-0.05, 0) is 0 Å². The molecule has 578 valence electrons. The van der Waals surface area contributed by atoms with E-state index in [1.165, 1.54) is 122 Å². The maximum atomic E-state index is 3.16. The predicted molar refractivity (Wildman–Crippen MR) is 473 cm³/mol. The third-order valence-electron chi connectivity index (χ3n) is 30.4. The third-order valence-corrected chi connectivity index (χ3v) is 78.8. The molecular formula is C106H128Cl2Si2Zr. The molecule has 0 amide bonds. The van der Waals surface area contributed by atoms with Crippen molar-refractivity contribution in [2.75, 3.05) is 0 Å². The molecule has 2 saturated heterocycles. The molecule has 8 aromatic carbocycles. The number of rotatable bonds is 12. The molecule has 111 heavy (non-hydrogen) atoms. The van der Waals surface area contributed by atoms with Gasteiger partial charge in [-0.15, -0.1) is 0 Å². The Kier molecular flexibility index (Phi) is 19.6. The second-order valence-electron chi connectivity index (χ2n) is 42.6. The van der Waals surface area contributed by atoms with E-state index in [9.17, 15) is 0 Å². The molecule has 8 aromatic rings. The molecule has 0 aromatic heterocycles. The number of hydrogen-bond acceptors (Lipinski definition) is 0. The van der Waals surface area contributed by atoms with E-state index < -0.39 is 37.9 Å². The molecule has 0 N–H and O–H groups in total. The number of allylic oxidation sites excluding steroid dienone is 4. The van der Waals surface area contributed by atoms with Gasteiger partial charge in [0, 0.05) is 0 Å². The van der Waals surface area contributed by atoms with Crippen molar-refractivity contribution in [3.05, 3.63) is 255 Å². The summed E-state index contributed by atoms with van der Waals surface area (Å²) < 4.78 is -0.360. The molecule has 5 spiro atoms. The van der Waals surface area contributed by atoms with E-state index in [0.29, 0.717) is 23.7 Å². The second-order valence-corrected chi connectivity index (χ2v) is 66.1. The first kappa shape index (κ1) is 79.5. The maximum Gasteiger partial charge on any atom is -1.00 e. The Morgan fingerprint density at radius 3 is 0.658 bits per heavy atom. The van der Waals surface area contributed by atoms with Crippen LogP contribution in [0.1, 0.15) is 301 Å². The second kappa shape index (κ2) is 27.4. The van der Waals surface area contributed by atoms with E-state index in [-0.39, 0.29) is 57.5 Å². The summed E-state index contributed by atoms with van der Waals surface area (Å²) in [6, 6.07) is 53.7. The van der Waals surface area contributed by atoms with Gasteiger partial charge in [-0.3, -0.25) is 0 Å². The topological polar surface area (TPSA) is 0 Å². The van der Waals surface area contributed by atoms with E-state index in [0.717, 1.165) is 25.7 Å². The van der Waals surface area contributed by atoms with Gasteiger partial charge in [0.05, 0.1) is 0 Å². The van der Waals surface area contributed by atoms with Gasteiger partial charge in [-0.25, -0.2) is 0 Å². The Hall–Kier alpha value is -5.38. The van der Waals surface area contributed by atoms with Crippen LogP contribution >= 0.6 is 0 Å². The fourth-order valence-electron chi connectivity index (χ4n) is 26.8. The van der Waals surface area contributed by atoms with Gasteiger partial charge in [0.2, 0.25) is 0 Å². The molecule has 8 aliphatic carbocycles. The van der Waals surface area contributed by atoms with Crippen molar-refractivity contribution >= 4 is 41.9 Å². The average Bonchev–Trinajstić information content (AvgIpc) is 1.51. The van der Waals surface area contributed by atoms with Gasteiger partial charge < -0.3 is 24.8 Å². The molecule has 5 heteroatoms. The smallest absolute Gasteiger partial charge is 1.00 e. The van der Waals surface area contributed by atoms with Crippen molar-refractivity contribution in [1.82, 2.24) is 0 Å². The number of hydrogen-bond donors (Lipinski definition) is 0. The summed E-state index contributed by atoms with van der Waals surface area (Å²) >= 11 is -5.40. The predicted octanol–water partition coefficient (Wildman–Crippen LogP) is 21.2. The van der Waals surface area contributed by atoms with Crippen molar-refractivity contribution in [2.24, 2.45) is 23.7 Å². The fourth-order valence-corrected chi connectivity index (χ4v) is 99.1. The summed E-state index contributed by atoms with van der Waals surface area (Å²) in [6.45, 7) is 56.5. The molecule has 10 aliphatic rings. The van der Waals surface area contributed by atoms with Crippen LogP contribution in [-0.4, -0.2) is 17.6 Å². The summed E-state index contributed by atoms with van der Waals surface area (Å²) in [7, 11) is -4.67. The maximum absolute atomic E-state index is 5.40. The minimum atomic E-state index is -5.40. The zero-order chi connectivity index (χ0) is 76.7. The summed E-state index contributed by atoms with van der Waals surface area (Å²) in [4.78, 5) is 0. The number of aryl methyl sites for hydroxylation is 4. The van der Waals surface area contributed by atoms with Crippen LogP contribution in [0.4, 0.5) is 0 Å². The number of benzene rings is 8.